The van der Waals surface area contributed by atoms with E-state index in [1.54, 1.807) is 6.92 Å². The number of piperazine rings is 1. The predicted octanol–water partition coefficient (Wildman–Crippen LogP) is 2.32. The van der Waals surface area contributed by atoms with Gasteiger partial charge in [0.05, 0.1) is 11.4 Å². The number of hydrogen-bond donors (Lipinski definition) is 1. The molecule has 21 heavy (non-hydrogen) atoms. The number of rotatable bonds is 2. The van der Waals surface area contributed by atoms with E-state index in [1.807, 2.05) is 13.0 Å². The average Bonchev–Trinajstić information content (AvgIpc) is 2.36. The highest BCUT2D eigenvalue weighted by Gasteiger charge is 2.28. The number of aromatic carboxylic acids is 1. The lowest BCUT2D eigenvalue weighted by Gasteiger charge is -2.43. The first-order chi connectivity index (χ1) is 9.70. The van der Waals surface area contributed by atoms with Crippen molar-refractivity contribution in [1.82, 2.24) is 9.88 Å². The van der Waals surface area contributed by atoms with Crippen molar-refractivity contribution < 1.29 is 9.90 Å². The third-order valence-corrected chi connectivity index (χ3v) is 4.09. The Bertz CT molecular complexity index is 541. The second-order valence-corrected chi connectivity index (χ2v) is 6.69. The Balaban J connectivity index is 2.26. The summed E-state index contributed by atoms with van der Waals surface area (Å²) in [5.41, 5.74) is 2.76. The molecule has 1 aromatic heterocycles. The van der Waals surface area contributed by atoms with E-state index in [4.69, 9.17) is 0 Å². The topological polar surface area (TPSA) is 56.7 Å². The van der Waals surface area contributed by atoms with Crippen LogP contribution < -0.4 is 4.90 Å². The molecule has 1 aliphatic heterocycles. The molecule has 0 saturated carbocycles. The molecule has 2 heterocycles. The zero-order valence-corrected chi connectivity index (χ0v) is 13.6. The molecule has 0 bridgehead atoms. The number of aromatic nitrogens is 1. The summed E-state index contributed by atoms with van der Waals surface area (Å²) < 4.78 is 0. The fourth-order valence-corrected chi connectivity index (χ4v) is 2.94. The SMILES string of the molecule is Cc1cc(N2CCN(C(C)(C)C)CC2)c(C(=O)O)c(C)n1. The van der Waals surface area contributed by atoms with Gasteiger partial charge < -0.3 is 10.0 Å². The average molecular weight is 291 g/mol. The van der Waals surface area contributed by atoms with Gasteiger partial charge in [-0.3, -0.25) is 9.88 Å². The Morgan fingerprint density at radius 2 is 1.76 bits per heavy atom. The number of anilines is 1. The van der Waals surface area contributed by atoms with Crippen LogP contribution in [0.5, 0.6) is 0 Å². The van der Waals surface area contributed by atoms with Gasteiger partial charge >= 0.3 is 5.97 Å². The van der Waals surface area contributed by atoms with Gasteiger partial charge in [0.1, 0.15) is 5.56 Å². The van der Waals surface area contributed by atoms with Crippen LogP contribution in [0, 0.1) is 13.8 Å². The zero-order valence-electron chi connectivity index (χ0n) is 13.6. The van der Waals surface area contributed by atoms with Crippen LogP contribution in [0.15, 0.2) is 6.07 Å². The Labute approximate surface area is 126 Å². The highest BCUT2D eigenvalue weighted by atomic mass is 16.4. The lowest BCUT2D eigenvalue weighted by atomic mass is 10.0. The molecule has 5 heteroatoms. The summed E-state index contributed by atoms with van der Waals surface area (Å²) in [5, 5.41) is 9.47. The highest BCUT2D eigenvalue weighted by Crippen LogP contribution is 2.26. The number of nitrogens with zero attached hydrogens (tertiary/aromatic N) is 3. The molecule has 0 amide bonds. The van der Waals surface area contributed by atoms with Gasteiger partial charge in [-0.15, -0.1) is 0 Å². The molecule has 0 aromatic carbocycles. The maximum Gasteiger partial charge on any atom is 0.339 e. The molecule has 1 saturated heterocycles. The van der Waals surface area contributed by atoms with E-state index in [0.717, 1.165) is 37.6 Å². The minimum atomic E-state index is -0.895. The number of carboxylic acids is 1. The van der Waals surface area contributed by atoms with Crippen LogP contribution in [0.4, 0.5) is 5.69 Å². The largest absolute Gasteiger partial charge is 0.478 e. The molecule has 1 aromatic rings. The van der Waals surface area contributed by atoms with E-state index in [9.17, 15) is 9.90 Å². The van der Waals surface area contributed by atoms with Gasteiger partial charge in [0, 0.05) is 37.4 Å². The van der Waals surface area contributed by atoms with Crippen LogP contribution in [0.2, 0.25) is 0 Å². The Morgan fingerprint density at radius 3 is 2.24 bits per heavy atom. The molecule has 1 aliphatic rings. The third-order valence-electron chi connectivity index (χ3n) is 4.09. The predicted molar refractivity (Wildman–Crippen MR) is 84.2 cm³/mol. The fraction of sp³-hybridized carbons (Fsp3) is 0.625. The molecule has 0 radical (unpaired) electrons. The van der Waals surface area contributed by atoms with Crippen molar-refractivity contribution in [3.8, 4) is 0 Å². The van der Waals surface area contributed by atoms with Crippen molar-refractivity contribution in [3.05, 3.63) is 23.0 Å². The Hall–Kier alpha value is -1.62. The smallest absolute Gasteiger partial charge is 0.339 e. The van der Waals surface area contributed by atoms with E-state index < -0.39 is 5.97 Å². The number of carbonyl (C=O) groups is 1. The van der Waals surface area contributed by atoms with Crippen molar-refractivity contribution in [2.75, 3.05) is 31.1 Å². The van der Waals surface area contributed by atoms with Gasteiger partial charge in [-0.2, -0.15) is 0 Å². The summed E-state index contributed by atoms with van der Waals surface area (Å²) in [4.78, 5) is 20.4. The molecule has 0 spiro atoms. The molecule has 1 fully saturated rings. The summed E-state index contributed by atoms with van der Waals surface area (Å²) in [6, 6.07) is 1.89. The number of carboxylic acid groups (broad SMARTS) is 1. The van der Waals surface area contributed by atoms with Crippen molar-refractivity contribution in [2.45, 2.75) is 40.2 Å². The fourth-order valence-electron chi connectivity index (χ4n) is 2.94. The molecule has 5 nitrogen and oxygen atoms in total. The lowest BCUT2D eigenvalue weighted by molar-refractivity contribution is 0.0695. The van der Waals surface area contributed by atoms with Gasteiger partial charge in [-0.1, -0.05) is 0 Å². The highest BCUT2D eigenvalue weighted by molar-refractivity contribution is 5.95. The van der Waals surface area contributed by atoms with Gasteiger partial charge in [-0.05, 0) is 40.7 Å². The van der Waals surface area contributed by atoms with E-state index in [2.05, 4.69) is 35.6 Å². The van der Waals surface area contributed by atoms with Crippen LogP contribution in [0.3, 0.4) is 0 Å². The first-order valence-corrected chi connectivity index (χ1v) is 7.41. The number of hydrogen-bond acceptors (Lipinski definition) is 4. The van der Waals surface area contributed by atoms with Crippen LogP contribution >= 0.6 is 0 Å². The molecule has 116 valence electrons. The third kappa shape index (κ3) is 3.35. The first-order valence-electron chi connectivity index (χ1n) is 7.41. The van der Waals surface area contributed by atoms with Crippen molar-refractivity contribution >= 4 is 11.7 Å². The molecule has 1 N–H and O–H groups in total. The quantitative estimate of drug-likeness (QED) is 0.906. The van der Waals surface area contributed by atoms with Crippen molar-refractivity contribution in [3.63, 3.8) is 0 Å². The summed E-state index contributed by atoms with van der Waals surface area (Å²) in [7, 11) is 0. The summed E-state index contributed by atoms with van der Waals surface area (Å²) >= 11 is 0. The molecule has 0 atom stereocenters. The molecule has 0 aliphatic carbocycles. The van der Waals surface area contributed by atoms with E-state index in [-0.39, 0.29) is 5.54 Å². The van der Waals surface area contributed by atoms with Gasteiger partial charge in [0.15, 0.2) is 0 Å². The van der Waals surface area contributed by atoms with Crippen molar-refractivity contribution in [2.24, 2.45) is 0 Å². The molecule has 2 rings (SSSR count). The maximum atomic E-state index is 11.5. The Morgan fingerprint density at radius 1 is 1.19 bits per heavy atom. The number of aryl methyl sites for hydroxylation is 2. The van der Waals surface area contributed by atoms with E-state index >= 15 is 0 Å². The van der Waals surface area contributed by atoms with E-state index in [1.165, 1.54) is 0 Å². The lowest BCUT2D eigenvalue weighted by Crippen LogP contribution is -2.53. The summed E-state index contributed by atoms with van der Waals surface area (Å²) in [5.74, 6) is -0.895. The molecule has 0 unspecified atom stereocenters. The normalized spacial score (nSPS) is 17.1. The zero-order chi connectivity index (χ0) is 15.8. The Kier molecular flexibility index (Phi) is 4.23. The van der Waals surface area contributed by atoms with Crippen LogP contribution in [0.1, 0.15) is 42.5 Å². The van der Waals surface area contributed by atoms with Gasteiger partial charge in [0.2, 0.25) is 0 Å². The summed E-state index contributed by atoms with van der Waals surface area (Å²) in [6.45, 7) is 13.9. The van der Waals surface area contributed by atoms with Crippen LogP contribution in [-0.2, 0) is 0 Å². The maximum absolute atomic E-state index is 11.5. The van der Waals surface area contributed by atoms with Crippen LogP contribution in [-0.4, -0.2) is 52.7 Å². The second-order valence-electron chi connectivity index (χ2n) is 6.69. The summed E-state index contributed by atoms with van der Waals surface area (Å²) in [6.07, 6.45) is 0. The van der Waals surface area contributed by atoms with Crippen molar-refractivity contribution in [1.29, 1.82) is 0 Å². The minimum absolute atomic E-state index is 0.159. The van der Waals surface area contributed by atoms with Gasteiger partial charge in [0.25, 0.3) is 0 Å². The van der Waals surface area contributed by atoms with Crippen LogP contribution in [0.25, 0.3) is 0 Å². The standard InChI is InChI=1S/C16H25N3O2/c1-11-10-13(14(15(20)21)12(2)17-11)18-6-8-19(9-7-18)16(3,4)5/h10H,6-9H2,1-5H3,(H,20,21). The van der Waals surface area contributed by atoms with E-state index in [0.29, 0.717) is 11.3 Å². The first kappa shape index (κ1) is 15.8. The minimum Gasteiger partial charge on any atom is -0.478 e. The van der Waals surface area contributed by atoms with Gasteiger partial charge in [-0.25, -0.2) is 4.79 Å². The monoisotopic (exact) mass is 291 g/mol. The number of pyridine rings is 1. The molecular weight excluding hydrogens is 266 g/mol. The molecular formula is C16H25N3O2. The second kappa shape index (κ2) is 5.64.